The Morgan fingerprint density at radius 3 is 2.56 bits per heavy atom. The lowest BCUT2D eigenvalue weighted by atomic mass is 10.1. The highest BCUT2D eigenvalue weighted by Crippen LogP contribution is 2.45. The third-order valence-corrected chi connectivity index (χ3v) is 3.07. The van der Waals surface area contributed by atoms with E-state index in [0.29, 0.717) is 32.6 Å². The summed E-state index contributed by atoms with van der Waals surface area (Å²) < 4.78 is 5.28. The molecule has 0 aromatic heterocycles. The normalized spacial score (nSPS) is 16.1. The van der Waals surface area contributed by atoms with Crippen molar-refractivity contribution in [3.63, 3.8) is 0 Å². The van der Waals surface area contributed by atoms with Crippen LogP contribution in [0.3, 0.4) is 0 Å². The molecule has 2 amide bonds. The first-order valence-electron chi connectivity index (χ1n) is 6.43. The fraction of sp³-hybridized carbons (Fsp3) is 0.833. The van der Waals surface area contributed by atoms with Crippen LogP contribution in [0.5, 0.6) is 0 Å². The van der Waals surface area contributed by atoms with E-state index >= 15 is 0 Å². The van der Waals surface area contributed by atoms with Crippen LogP contribution in [-0.4, -0.2) is 43.4 Å². The minimum Gasteiger partial charge on any atom is -0.481 e. The quantitative estimate of drug-likeness (QED) is 0.538. The molecule has 0 bridgehead atoms. The fourth-order valence-electron chi connectivity index (χ4n) is 1.51. The van der Waals surface area contributed by atoms with Crippen molar-refractivity contribution in [3.05, 3.63) is 0 Å². The Balaban J connectivity index is 1.99. The summed E-state index contributed by atoms with van der Waals surface area (Å²) in [5.74, 6) is -0.828. The summed E-state index contributed by atoms with van der Waals surface area (Å²) in [4.78, 5) is 22.2. The number of amides is 2. The van der Waals surface area contributed by atoms with Gasteiger partial charge in [0, 0.05) is 19.7 Å². The molecule has 1 rings (SSSR count). The Hall–Kier alpha value is -1.30. The van der Waals surface area contributed by atoms with Crippen LogP contribution >= 0.6 is 0 Å². The maximum absolute atomic E-state index is 11.4. The topological polar surface area (TPSA) is 87.7 Å². The molecular weight excluding hydrogens is 236 g/mol. The lowest BCUT2D eigenvalue weighted by Crippen LogP contribution is -2.41. The number of nitrogens with one attached hydrogen (secondary N) is 2. The summed E-state index contributed by atoms with van der Waals surface area (Å²) in [6.07, 6.45) is 3.39. The molecule has 18 heavy (non-hydrogen) atoms. The molecule has 6 nitrogen and oxygen atoms in total. The number of hydrogen-bond acceptors (Lipinski definition) is 3. The number of rotatable bonds is 9. The summed E-state index contributed by atoms with van der Waals surface area (Å²) in [6, 6.07) is -0.332. The van der Waals surface area contributed by atoms with Crippen LogP contribution in [0.15, 0.2) is 0 Å². The van der Waals surface area contributed by atoms with E-state index in [0.717, 1.165) is 12.8 Å². The first-order chi connectivity index (χ1) is 8.60. The van der Waals surface area contributed by atoms with E-state index in [1.807, 2.05) is 0 Å². The second kappa shape index (κ2) is 7.20. The Bertz CT molecular complexity index is 290. The van der Waals surface area contributed by atoms with Gasteiger partial charge < -0.3 is 20.5 Å². The number of carbonyl (C=O) groups excluding carboxylic acids is 1. The van der Waals surface area contributed by atoms with Gasteiger partial charge in [0.25, 0.3) is 0 Å². The van der Waals surface area contributed by atoms with E-state index < -0.39 is 11.4 Å². The van der Waals surface area contributed by atoms with Gasteiger partial charge in [-0.1, -0.05) is 13.3 Å². The van der Waals surface area contributed by atoms with Gasteiger partial charge in [0.15, 0.2) is 0 Å². The van der Waals surface area contributed by atoms with Gasteiger partial charge >= 0.3 is 12.0 Å². The van der Waals surface area contributed by atoms with Crippen molar-refractivity contribution in [2.75, 3.05) is 26.3 Å². The number of carboxylic acids is 1. The highest BCUT2D eigenvalue weighted by molar-refractivity contribution is 5.80. The van der Waals surface area contributed by atoms with Crippen LogP contribution in [0.1, 0.15) is 32.6 Å². The van der Waals surface area contributed by atoms with Crippen molar-refractivity contribution in [1.82, 2.24) is 10.6 Å². The molecule has 0 saturated heterocycles. The molecule has 3 N–H and O–H groups in total. The van der Waals surface area contributed by atoms with Gasteiger partial charge in [-0.3, -0.25) is 4.79 Å². The number of aliphatic carboxylic acids is 1. The van der Waals surface area contributed by atoms with Crippen LogP contribution in [0.25, 0.3) is 0 Å². The van der Waals surface area contributed by atoms with Gasteiger partial charge in [-0.2, -0.15) is 0 Å². The Morgan fingerprint density at radius 1 is 1.28 bits per heavy atom. The molecule has 0 atom stereocenters. The number of hydrogen-bond donors (Lipinski definition) is 3. The fourth-order valence-corrected chi connectivity index (χ4v) is 1.51. The molecule has 1 aliphatic carbocycles. The molecule has 0 heterocycles. The summed E-state index contributed by atoms with van der Waals surface area (Å²) in [5.41, 5.74) is -0.713. The van der Waals surface area contributed by atoms with Gasteiger partial charge in [0.1, 0.15) is 0 Å². The Kier molecular flexibility index (Phi) is 5.91. The molecule has 1 fully saturated rings. The van der Waals surface area contributed by atoms with Gasteiger partial charge in [-0.05, 0) is 19.3 Å². The maximum atomic E-state index is 11.4. The Morgan fingerprint density at radius 2 is 2.00 bits per heavy atom. The van der Waals surface area contributed by atoms with Crippen LogP contribution in [-0.2, 0) is 9.53 Å². The third-order valence-electron chi connectivity index (χ3n) is 3.07. The van der Waals surface area contributed by atoms with E-state index in [1.54, 1.807) is 0 Å². The van der Waals surface area contributed by atoms with Crippen molar-refractivity contribution < 1.29 is 19.4 Å². The van der Waals surface area contributed by atoms with Gasteiger partial charge in [-0.25, -0.2) is 4.79 Å². The summed E-state index contributed by atoms with van der Waals surface area (Å²) in [6.45, 7) is 3.92. The first-order valence-corrected chi connectivity index (χ1v) is 6.43. The zero-order valence-electron chi connectivity index (χ0n) is 10.8. The van der Waals surface area contributed by atoms with Gasteiger partial charge in [0.2, 0.25) is 0 Å². The predicted octanol–water partition coefficient (Wildman–Crippen LogP) is 0.967. The largest absolute Gasteiger partial charge is 0.481 e. The van der Waals surface area contributed by atoms with E-state index in [-0.39, 0.29) is 12.6 Å². The number of unbranched alkanes of at least 4 members (excludes halogenated alkanes) is 1. The minimum atomic E-state index is -0.828. The van der Waals surface area contributed by atoms with Crippen molar-refractivity contribution >= 4 is 12.0 Å². The molecule has 0 spiro atoms. The number of carbonyl (C=O) groups is 2. The molecule has 0 aliphatic heterocycles. The summed E-state index contributed by atoms with van der Waals surface area (Å²) in [7, 11) is 0. The second-order valence-electron chi connectivity index (χ2n) is 4.66. The molecule has 1 saturated carbocycles. The van der Waals surface area contributed by atoms with Gasteiger partial charge in [-0.15, -0.1) is 0 Å². The third kappa shape index (κ3) is 4.91. The summed E-state index contributed by atoms with van der Waals surface area (Å²) in [5, 5.41) is 14.1. The van der Waals surface area contributed by atoms with Crippen molar-refractivity contribution in [2.24, 2.45) is 5.41 Å². The average molecular weight is 258 g/mol. The molecular formula is C12H22N2O4. The molecule has 0 radical (unpaired) electrons. The van der Waals surface area contributed by atoms with Crippen LogP contribution in [0, 0.1) is 5.41 Å². The van der Waals surface area contributed by atoms with E-state index in [1.165, 1.54) is 0 Å². The number of urea groups is 1. The molecule has 104 valence electrons. The number of carboxylic acid groups (broad SMARTS) is 1. The minimum absolute atomic E-state index is 0.199. The second-order valence-corrected chi connectivity index (χ2v) is 4.66. The standard InChI is InChI=1S/C12H22N2O4/c1-2-3-7-18-8-6-13-11(17)14-9-12(4-5-12)10(15)16/h2-9H2,1H3,(H,15,16)(H2,13,14,17). The lowest BCUT2D eigenvalue weighted by Gasteiger charge is -2.12. The lowest BCUT2D eigenvalue weighted by molar-refractivity contribution is -0.143. The zero-order valence-corrected chi connectivity index (χ0v) is 10.8. The average Bonchev–Trinajstić information content (AvgIpc) is 3.12. The summed E-state index contributed by atoms with van der Waals surface area (Å²) >= 11 is 0. The maximum Gasteiger partial charge on any atom is 0.314 e. The van der Waals surface area contributed by atoms with Crippen molar-refractivity contribution in [2.45, 2.75) is 32.6 Å². The Labute approximate surface area is 107 Å². The number of ether oxygens (including phenoxy) is 1. The molecule has 6 heteroatoms. The molecule has 0 unspecified atom stereocenters. The van der Waals surface area contributed by atoms with Gasteiger partial charge in [0.05, 0.1) is 12.0 Å². The molecule has 0 aromatic carbocycles. The monoisotopic (exact) mass is 258 g/mol. The molecule has 0 aromatic rings. The van der Waals surface area contributed by atoms with E-state index in [4.69, 9.17) is 9.84 Å². The first kappa shape index (κ1) is 14.8. The molecule has 1 aliphatic rings. The van der Waals surface area contributed by atoms with Crippen molar-refractivity contribution in [1.29, 1.82) is 0 Å². The highest BCUT2D eigenvalue weighted by atomic mass is 16.5. The predicted molar refractivity (Wildman–Crippen MR) is 66.4 cm³/mol. The highest BCUT2D eigenvalue weighted by Gasteiger charge is 2.50. The van der Waals surface area contributed by atoms with Crippen molar-refractivity contribution in [3.8, 4) is 0 Å². The van der Waals surface area contributed by atoms with Crippen LogP contribution in [0.4, 0.5) is 4.79 Å². The van der Waals surface area contributed by atoms with E-state index in [2.05, 4.69) is 17.6 Å². The smallest absolute Gasteiger partial charge is 0.314 e. The van der Waals surface area contributed by atoms with Crippen LogP contribution in [0.2, 0.25) is 0 Å². The van der Waals surface area contributed by atoms with Crippen LogP contribution < -0.4 is 10.6 Å². The zero-order chi connectivity index (χ0) is 13.4. The van der Waals surface area contributed by atoms with E-state index in [9.17, 15) is 9.59 Å². The SMILES string of the molecule is CCCCOCCNC(=O)NCC1(C(=O)O)CC1.